The Morgan fingerprint density at radius 1 is 0.744 bits per heavy atom. The first kappa shape index (κ1) is 33.9. The fourth-order valence-corrected chi connectivity index (χ4v) is 4.96. The fraction of sp³-hybridized carbons (Fsp3) is 0.294. The van der Waals surface area contributed by atoms with Crippen molar-refractivity contribution in [3.05, 3.63) is 148 Å². The average molecular weight is 600 g/mol. The SMILES string of the molecule is [CH2-][C@@H]1CC(COC)(COC)C[C@H]1C[N-]N=C(c1ccccc1)c1ccccc1.[CH]1[CH][CH][CH][CH]1.[CH]1[CH][CH][CH][CH]1.[Zr+4]. The van der Waals surface area contributed by atoms with E-state index >= 15 is 0 Å². The van der Waals surface area contributed by atoms with E-state index in [2.05, 4.69) is 41.7 Å². The van der Waals surface area contributed by atoms with Crippen LogP contribution in [0, 0.1) is 88.4 Å². The van der Waals surface area contributed by atoms with Gasteiger partial charge in [-0.15, -0.1) is 6.54 Å². The minimum Gasteiger partial charge on any atom is -0.601 e. The van der Waals surface area contributed by atoms with E-state index in [-0.39, 0.29) is 31.6 Å². The molecule has 10 radical (unpaired) electrons. The Hall–Kier alpha value is -1.29. The number of methoxy groups -OCH3 is 2. The molecule has 0 amide bonds. The van der Waals surface area contributed by atoms with Crippen LogP contribution in [-0.4, -0.2) is 39.7 Å². The molecule has 0 heterocycles. The first-order chi connectivity index (χ1) is 18.7. The Kier molecular flexibility index (Phi) is 17.2. The molecule has 0 spiro atoms. The molecule has 2 aromatic carbocycles. The number of ether oxygens (including phenoxy) is 2. The first-order valence-corrected chi connectivity index (χ1v) is 13.2. The van der Waals surface area contributed by atoms with Gasteiger partial charge in [-0.2, -0.15) is 5.92 Å². The summed E-state index contributed by atoms with van der Waals surface area (Å²) in [6.07, 6.45) is 22.0. The third kappa shape index (κ3) is 12.0. The summed E-state index contributed by atoms with van der Waals surface area (Å²) < 4.78 is 10.9. The van der Waals surface area contributed by atoms with Crippen molar-refractivity contribution < 1.29 is 35.7 Å². The maximum Gasteiger partial charge on any atom is 4.00 e. The summed E-state index contributed by atoms with van der Waals surface area (Å²) in [7, 11) is 3.51. The molecule has 2 aromatic rings. The van der Waals surface area contributed by atoms with Crippen molar-refractivity contribution in [1.29, 1.82) is 0 Å². The molecule has 5 heteroatoms. The van der Waals surface area contributed by atoms with E-state index in [1.54, 1.807) is 14.2 Å². The monoisotopic (exact) mass is 598 g/mol. The number of rotatable bonds is 9. The zero-order valence-electron chi connectivity index (χ0n) is 23.2. The maximum absolute atomic E-state index is 5.47. The number of nitrogens with zero attached hydrogens (tertiary/aromatic N) is 2. The van der Waals surface area contributed by atoms with Crippen molar-refractivity contribution in [2.75, 3.05) is 34.0 Å². The molecule has 4 nitrogen and oxygen atoms in total. The summed E-state index contributed by atoms with van der Waals surface area (Å²) in [5, 5.41) is 4.65. The zero-order valence-corrected chi connectivity index (χ0v) is 25.6. The molecule has 200 valence electrons. The van der Waals surface area contributed by atoms with Crippen molar-refractivity contribution in [2.24, 2.45) is 22.4 Å². The predicted molar refractivity (Wildman–Crippen MR) is 158 cm³/mol. The Morgan fingerprint density at radius 3 is 1.54 bits per heavy atom. The molecule has 39 heavy (non-hydrogen) atoms. The van der Waals surface area contributed by atoms with Gasteiger partial charge in [-0.3, -0.25) is 0 Å². The summed E-state index contributed by atoms with van der Waals surface area (Å²) in [6.45, 7) is 6.45. The normalized spacial score (nSPS) is 21.0. The third-order valence-corrected chi connectivity index (χ3v) is 6.65. The van der Waals surface area contributed by atoms with Crippen LogP contribution in [0.2, 0.25) is 0 Å². The van der Waals surface area contributed by atoms with Crippen molar-refractivity contribution in [2.45, 2.75) is 12.8 Å². The van der Waals surface area contributed by atoms with Gasteiger partial charge in [0.2, 0.25) is 0 Å². The predicted octanol–water partition coefficient (Wildman–Crippen LogP) is 6.99. The summed E-state index contributed by atoms with van der Waals surface area (Å²) in [6, 6.07) is 20.4. The first-order valence-electron chi connectivity index (χ1n) is 13.2. The van der Waals surface area contributed by atoms with Crippen LogP contribution in [0.1, 0.15) is 24.0 Å². The number of hydrogen-bond donors (Lipinski definition) is 0. The molecule has 0 saturated heterocycles. The van der Waals surface area contributed by atoms with Gasteiger partial charge in [0, 0.05) is 19.6 Å². The quantitative estimate of drug-likeness (QED) is 0.177. The molecular weight excluding hydrogens is 560 g/mol. The van der Waals surface area contributed by atoms with Crippen LogP contribution >= 0.6 is 0 Å². The van der Waals surface area contributed by atoms with E-state index in [0.29, 0.717) is 31.6 Å². The Morgan fingerprint density at radius 2 is 1.15 bits per heavy atom. The minimum atomic E-state index is 0. The molecular formula is C34H40N2O2Zr+2. The van der Waals surface area contributed by atoms with Gasteiger partial charge in [0.15, 0.2) is 0 Å². The van der Waals surface area contributed by atoms with Gasteiger partial charge in [0.25, 0.3) is 0 Å². The molecule has 3 aliphatic carbocycles. The van der Waals surface area contributed by atoms with Crippen LogP contribution in [-0.2, 0) is 35.7 Å². The molecule has 0 aromatic heterocycles. The molecule has 3 fully saturated rings. The van der Waals surface area contributed by atoms with Crippen molar-refractivity contribution in [3.8, 4) is 0 Å². The number of benzene rings is 2. The van der Waals surface area contributed by atoms with Gasteiger partial charge in [-0.05, 0) is 81.8 Å². The van der Waals surface area contributed by atoms with E-state index in [1.165, 1.54) is 0 Å². The van der Waals surface area contributed by atoms with Gasteiger partial charge < -0.3 is 26.9 Å². The van der Waals surface area contributed by atoms with Crippen LogP contribution in [0.4, 0.5) is 0 Å². The van der Waals surface area contributed by atoms with Crippen LogP contribution in [0.5, 0.6) is 0 Å². The fourth-order valence-electron chi connectivity index (χ4n) is 4.96. The van der Waals surface area contributed by atoms with E-state index in [9.17, 15) is 0 Å². The maximum atomic E-state index is 5.47. The Balaban J connectivity index is 0.000000403. The Labute approximate surface area is 257 Å². The van der Waals surface area contributed by atoms with Crippen molar-refractivity contribution in [3.63, 3.8) is 0 Å². The van der Waals surface area contributed by atoms with Crippen molar-refractivity contribution in [1.82, 2.24) is 0 Å². The van der Waals surface area contributed by atoms with Crippen LogP contribution in [0.15, 0.2) is 65.8 Å². The van der Waals surface area contributed by atoms with Gasteiger partial charge in [-0.25, -0.2) is 0 Å². The summed E-state index contributed by atoms with van der Waals surface area (Å²) in [5.74, 6) is 0.725. The van der Waals surface area contributed by atoms with Gasteiger partial charge in [0.05, 0.1) is 18.9 Å². The smallest absolute Gasteiger partial charge is 0.601 e. The van der Waals surface area contributed by atoms with Gasteiger partial charge in [-0.1, -0.05) is 73.0 Å². The number of hydrogen-bond acceptors (Lipinski definition) is 3. The second kappa shape index (κ2) is 19.7. The molecule has 3 aliphatic rings. The largest absolute Gasteiger partial charge is 4.00 e. The second-order valence-corrected chi connectivity index (χ2v) is 9.72. The van der Waals surface area contributed by atoms with Gasteiger partial charge >= 0.3 is 26.2 Å². The standard InChI is InChI=1S/C24H30N2O2.2C5H5.Zr/c1-19-14-24(17-27-2,18-28-3)15-22(19)16-25-26-23(20-10-6-4-7-11-20)21-12-8-5-9-13-21;2*1-2-4-5-3-1;/h4-13,19,22H,1,14-18H2,2-3H3;2*1-5H;/q-2;;;+4/t19-,22+;;;/m1.../s1. The molecule has 5 rings (SSSR count). The minimum absolute atomic E-state index is 0. The zero-order chi connectivity index (χ0) is 26.9. The van der Waals surface area contributed by atoms with Crippen molar-refractivity contribution >= 4 is 5.71 Å². The summed E-state index contributed by atoms with van der Waals surface area (Å²) in [4.78, 5) is 0. The molecule has 0 aliphatic heterocycles. The Bertz CT molecular complexity index is 825. The molecule has 3 saturated carbocycles. The van der Waals surface area contributed by atoms with Gasteiger partial charge in [0.1, 0.15) is 0 Å². The molecule has 0 N–H and O–H groups in total. The second-order valence-electron chi connectivity index (χ2n) is 9.72. The topological polar surface area (TPSA) is 44.9 Å². The third-order valence-electron chi connectivity index (χ3n) is 6.65. The van der Waals surface area contributed by atoms with E-state index in [0.717, 1.165) is 29.7 Å². The summed E-state index contributed by atoms with van der Waals surface area (Å²) in [5.41, 5.74) is 7.70. The van der Waals surface area contributed by atoms with E-state index in [4.69, 9.17) is 9.47 Å². The van der Waals surface area contributed by atoms with E-state index < -0.39 is 0 Å². The molecule has 2 atom stereocenters. The van der Waals surface area contributed by atoms with Crippen LogP contribution < -0.4 is 0 Å². The average Bonchev–Trinajstić information content (AvgIpc) is 3.75. The molecule has 0 bridgehead atoms. The van der Waals surface area contributed by atoms with E-state index in [1.807, 2.05) is 101 Å². The molecule has 0 unspecified atom stereocenters. The van der Waals surface area contributed by atoms with Crippen LogP contribution in [0.25, 0.3) is 5.43 Å². The van der Waals surface area contributed by atoms with Crippen LogP contribution in [0.3, 0.4) is 0 Å². The summed E-state index contributed by atoms with van der Waals surface area (Å²) >= 11 is 0.